The lowest BCUT2D eigenvalue weighted by molar-refractivity contribution is 0.283. The summed E-state index contributed by atoms with van der Waals surface area (Å²) in [5.41, 5.74) is 0.751. The topological polar surface area (TPSA) is 18.5 Å². The summed E-state index contributed by atoms with van der Waals surface area (Å²) in [5, 5.41) is 0. The van der Waals surface area contributed by atoms with Crippen LogP contribution in [0.3, 0.4) is 0 Å². The zero-order valence-electron chi connectivity index (χ0n) is 9.82. The summed E-state index contributed by atoms with van der Waals surface area (Å²) >= 11 is 3.20. The standard InChI is InChI=1S/C14H12BrFO2/c1-17-12-7-2-3-8-13(12)18-9-10-5-4-6-11(16)14(10)15/h2-8H,9H2,1H3. The Hall–Kier alpha value is -1.55. The summed E-state index contributed by atoms with van der Waals surface area (Å²) in [7, 11) is 1.58. The summed E-state index contributed by atoms with van der Waals surface area (Å²) in [6, 6.07) is 12.2. The van der Waals surface area contributed by atoms with Crippen LogP contribution in [0.25, 0.3) is 0 Å². The van der Waals surface area contributed by atoms with Crippen LogP contribution < -0.4 is 9.47 Å². The van der Waals surface area contributed by atoms with Crippen LogP contribution in [-0.2, 0) is 6.61 Å². The molecule has 0 bridgehead atoms. The molecule has 0 aliphatic heterocycles. The molecule has 2 rings (SSSR count). The van der Waals surface area contributed by atoms with Crippen molar-refractivity contribution in [2.75, 3.05) is 7.11 Å². The molecule has 0 spiro atoms. The van der Waals surface area contributed by atoms with Crippen molar-refractivity contribution in [2.45, 2.75) is 6.61 Å². The van der Waals surface area contributed by atoms with Gasteiger partial charge < -0.3 is 9.47 Å². The van der Waals surface area contributed by atoms with Crippen molar-refractivity contribution in [2.24, 2.45) is 0 Å². The Labute approximate surface area is 113 Å². The van der Waals surface area contributed by atoms with E-state index in [1.807, 2.05) is 30.3 Å². The van der Waals surface area contributed by atoms with Gasteiger partial charge in [-0.3, -0.25) is 0 Å². The van der Waals surface area contributed by atoms with Gasteiger partial charge in [0.1, 0.15) is 12.4 Å². The number of rotatable bonds is 4. The molecular weight excluding hydrogens is 299 g/mol. The fraction of sp³-hybridized carbons (Fsp3) is 0.143. The minimum absolute atomic E-state index is 0.277. The second kappa shape index (κ2) is 5.87. The summed E-state index contributed by atoms with van der Waals surface area (Å²) in [5.74, 6) is 0.998. The first-order valence-corrected chi connectivity index (χ1v) is 6.20. The molecule has 2 nitrogen and oxygen atoms in total. The number of benzene rings is 2. The number of hydrogen-bond acceptors (Lipinski definition) is 2. The molecule has 2 aromatic rings. The number of para-hydroxylation sites is 2. The maximum absolute atomic E-state index is 13.3. The Balaban J connectivity index is 2.14. The molecule has 0 fully saturated rings. The van der Waals surface area contributed by atoms with E-state index in [0.717, 1.165) is 5.56 Å². The third kappa shape index (κ3) is 2.82. The highest BCUT2D eigenvalue weighted by molar-refractivity contribution is 9.10. The Morgan fingerprint density at radius 1 is 1.06 bits per heavy atom. The van der Waals surface area contributed by atoms with Crippen LogP contribution in [0.1, 0.15) is 5.56 Å². The fourth-order valence-electron chi connectivity index (χ4n) is 1.55. The molecule has 0 heterocycles. The van der Waals surface area contributed by atoms with Crippen molar-refractivity contribution >= 4 is 15.9 Å². The normalized spacial score (nSPS) is 10.2. The first-order valence-electron chi connectivity index (χ1n) is 5.41. The average molecular weight is 311 g/mol. The van der Waals surface area contributed by atoms with E-state index in [1.165, 1.54) is 6.07 Å². The SMILES string of the molecule is COc1ccccc1OCc1cccc(F)c1Br. The lowest BCUT2D eigenvalue weighted by atomic mass is 10.2. The first-order chi connectivity index (χ1) is 8.72. The van der Waals surface area contributed by atoms with Gasteiger partial charge in [-0.25, -0.2) is 4.39 Å². The predicted octanol–water partition coefficient (Wildman–Crippen LogP) is 4.18. The van der Waals surface area contributed by atoms with Crippen LogP contribution in [0.5, 0.6) is 11.5 Å². The van der Waals surface area contributed by atoms with Gasteiger partial charge in [0.2, 0.25) is 0 Å². The van der Waals surface area contributed by atoms with Gasteiger partial charge in [-0.1, -0.05) is 24.3 Å². The molecule has 0 amide bonds. The van der Waals surface area contributed by atoms with E-state index in [4.69, 9.17) is 9.47 Å². The number of ether oxygens (including phenoxy) is 2. The Morgan fingerprint density at radius 3 is 2.50 bits per heavy atom. The maximum atomic E-state index is 13.3. The van der Waals surface area contributed by atoms with Gasteiger partial charge in [0.15, 0.2) is 11.5 Å². The van der Waals surface area contributed by atoms with Crippen LogP contribution in [0.15, 0.2) is 46.9 Å². The van der Waals surface area contributed by atoms with Gasteiger partial charge >= 0.3 is 0 Å². The summed E-state index contributed by atoms with van der Waals surface area (Å²) in [4.78, 5) is 0. The zero-order valence-corrected chi connectivity index (χ0v) is 11.4. The molecule has 0 aliphatic carbocycles. The molecule has 0 radical (unpaired) electrons. The Morgan fingerprint density at radius 2 is 1.78 bits per heavy atom. The minimum Gasteiger partial charge on any atom is -0.493 e. The lowest BCUT2D eigenvalue weighted by Crippen LogP contribution is -1.99. The van der Waals surface area contributed by atoms with Gasteiger partial charge in [-0.05, 0) is 34.1 Å². The van der Waals surface area contributed by atoms with Gasteiger partial charge in [0, 0.05) is 5.56 Å². The highest BCUT2D eigenvalue weighted by Crippen LogP contribution is 2.28. The minimum atomic E-state index is -0.295. The van der Waals surface area contributed by atoms with Crippen molar-refractivity contribution in [3.05, 3.63) is 58.3 Å². The number of hydrogen-bond donors (Lipinski definition) is 0. The molecule has 0 N–H and O–H groups in total. The highest BCUT2D eigenvalue weighted by Gasteiger charge is 2.07. The maximum Gasteiger partial charge on any atom is 0.161 e. The van der Waals surface area contributed by atoms with Crippen LogP contribution in [0.2, 0.25) is 0 Å². The van der Waals surface area contributed by atoms with Crippen LogP contribution >= 0.6 is 15.9 Å². The van der Waals surface area contributed by atoms with Crippen LogP contribution in [-0.4, -0.2) is 7.11 Å². The van der Waals surface area contributed by atoms with Gasteiger partial charge in [-0.2, -0.15) is 0 Å². The van der Waals surface area contributed by atoms with Crippen molar-refractivity contribution in [3.8, 4) is 11.5 Å². The third-order valence-corrected chi connectivity index (χ3v) is 3.37. The van der Waals surface area contributed by atoms with Crippen molar-refractivity contribution in [1.29, 1.82) is 0 Å². The van der Waals surface area contributed by atoms with E-state index in [-0.39, 0.29) is 12.4 Å². The molecular formula is C14H12BrFO2. The lowest BCUT2D eigenvalue weighted by Gasteiger charge is -2.11. The molecule has 0 aromatic heterocycles. The summed E-state index contributed by atoms with van der Waals surface area (Å²) in [6.07, 6.45) is 0. The predicted molar refractivity (Wildman–Crippen MR) is 71.4 cm³/mol. The molecule has 4 heteroatoms. The highest BCUT2D eigenvalue weighted by atomic mass is 79.9. The van der Waals surface area contributed by atoms with Crippen molar-refractivity contribution in [1.82, 2.24) is 0 Å². The molecule has 0 aliphatic rings. The number of methoxy groups -OCH3 is 1. The molecule has 18 heavy (non-hydrogen) atoms. The molecule has 94 valence electrons. The van der Waals surface area contributed by atoms with E-state index < -0.39 is 0 Å². The number of halogens is 2. The van der Waals surface area contributed by atoms with E-state index in [1.54, 1.807) is 13.2 Å². The van der Waals surface area contributed by atoms with E-state index in [9.17, 15) is 4.39 Å². The first kappa shape index (κ1) is 12.9. The fourth-order valence-corrected chi connectivity index (χ4v) is 1.93. The van der Waals surface area contributed by atoms with E-state index in [2.05, 4.69) is 15.9 Å². The quantitative estimate of drug-likeness (QED) is 0.843. The van der Waals surface area contributed by atoms with E-state index in [0.29, 0.717) is 16.0 Å². The van der Waals surface area contributed by atoms with Gasteiger partial charge in [-0.15, -0.1) is 0 Å². The van der Waals surface area contributed by atoms with Gasteiger partial charge in [0.05, 0.1) is 11.6 Å². The average Bonchev–Trinajstić information content (AvgIpc) is 2.41. The second-order valence-corrected chi connectivity index (χ2v) is 4.45. The van der Waals surface area contributed by atoms with Crippen LogP contribution in [0.4, 0.5) is 4.39 Å². The second-order valence-electron chi connectivity index (χ2n) is 3.65. The third-order valence-electron chi connectivity index (χ3n) is 2.48. The van der Waals surface area contributed by atoms with Crippen molar-refractivity contribution in [3.63, 3.8) is 0 Å². The molecule has 0 unspecified atom stereocenters. The zero-order chi connectivity index (χ0) is 13.0. The molecule has 0 saturated carbocycles. The summed E-state index contributed by atoms with van der Waals surface area (Å²) < 4.78 is 24.6. The Bertz CT molecular complexity index is 543. The smallest absolute Gasteiger partial charge is 0.161 e. The van der Waals surface area contributed by atoms with E-state index >= 15 is 0 Å². The van der Waals surface area contributed by atoms with Crippen molar-refractivity contribution < 1.29 is 13.9 Å². The Kier molecular flexibility index (Phi) is 4.20. The van der Waals surface area contributed by atoms with Crippen LogP contribution in [0, 0.1) is 5.82 Å². The molecule has 2 aromatic carbocycles. The largest absolute Gasteiger partial charge is 0.493 e. The summed E-state index contributed by atoms with van der Waals surface area (Å²) in [6.45, 7) is 0.277. The molecule has 0 saturated heterocycles. The van der Waals surface area contributed by atoms with Gasteiger partial charge in [0.25, 0.3) is 0 Å². The molecule has 0 atom stereocenters. The monoisotopic (exact) mass is 310 g/mol.